The first-order chi connectivity index (χ1) is 16.2. The van der Waals surface area contributed by atoms with E-state index in [1.807, 2.05) is 12.1 Å². The van der Waals surface area contributed by atoms with E-state index in [0.29, 0.717) is 12.2 Å². The lowest BCUT2D eigenvalue weighted by Crippen LogP contribution is -2.43. The first-order valence-corrected chi connectivity index (χ1v) is 12.8. The fourth-order valence-corrected chi connectivity index (χ4v) is 6.72. The Morgan fingerprint density at radius 1 is 1.06 bits per heavy atom. The van der Waals surface area contributed by atoms with Gasteiger partial charge in [-0.3, -0.25) is 4.84 Å². The third-order valence-electron chi connectivity index (χ3n) is 6.67. The maximum atomic E-state index is 14.9. The van der Waals surface area contributed by atoms with E-state index in [2.05, 4.69) is 5.38 Å². The predicted octanol–water partition coefficient (Wildman–Crippen LogP) is 7.73. The van der Waals surface area contributed by atoms with Gasteiger partial charge < -0.3 is 5.73 Å². The number of rotatable bonds is 4. The largest absolute Gasteiger partial charge is 0.424 e. The second-order valence-electron chi connectivity index (χ2n) is 8.80. The molecular weight excluding hydrogens is 504 g/mol. The van der Waals surface area contributed by atoms with Crippen molar-refractivity contribution in [1.82, 2.24) is 0 Å². The Hall–Kier alpha value is -1.77. The zero-order valence-electron chi connectivity index (χ0n) is 18.2. The highest BCUT2D eigenvalue weighted by Gasteiger charge is 2.65. The van der Waals surface area contributed by atoms with Gasteiger partial charge in [-0.25, -0.2) is 5.06 Å². The fourth-order valence-electron chi connectivity index (χ4n) is 4.95. The molecular formula is C25H23Cl2F3N2OS. The molecule has 2 atom stereocenters. The van der Waals surface area contributed by atoms with Gasteiger partial charge in [0.15, 0.2) is 0 Å². The van der Waals surface area contributed by atoms with Crippen LogP contribution in [0.15, 0.2) is 47.8 Å². The molecule has 1 aliphatic carbocycles. The van der Waals surface area contributed by atoms with Gasteiger partial charge in [-0.15, -0.1) is 11.3 Å². The van der Waals surface area contributed by atoms with Crippen LogP contribution in [-0.2, 0) is 29.8 Å². The van der Waals surface area contributed by atoms with Crippen LogP contribution < -0.4 is 10.8 Å². The van der Waals surface area contributed by atoms with Gasteiger partial charge in [0.25, 0.3) is 0 Å². The lowest BCUT2D eigenvalue weighted by molar-refractivity contribution is -0.272. The second-order valence-corrected chi connectivity index (χ2v) is 10.6. The van der Waals surface area contributed by atoms with Crippen molar-refractivity contribution >= 4 is 40.2 Å². The number of hydroxylamine groups is 1. The molecule has 2 heterocycles. The summed E-state index contributed by atoms with van der Waals surface area (Å²) in [6.45, 7) is 0.344. The molecule has 5 rings (SSSR count). The van der Waals surface area contributed by atoms with Gasteiger partial charge in [0.2, 0.25) is 5.60 Å². The van der Waals surface area contributed by atoms with Crippen molar-refractivity contribution < 1.29 is 18.0 Å². The SMILES string of the molecule is NCc1ccc(N2OC(c3cc(Cl)cc(Cl)c3)(C(F)(F)F)CC2c2scc3c2CCCC3)cc1. The number of thiophene rings is 1. The summed E-state index contributed by atoms with van der Waals surface area (Å²) in [5.41, 5.74) is 6.85. The van der Waals surface area contributed by atoms with E-state index in [1.54, 1.807) is 12.1 Å². The van der Waals surface area contributed by atoms with E-state index in [1.165, 1.54) is 40.2 Å². The van der Waals surface area contributed by atoms with Crippen molar-refractivity contribution in [2.45, 2.75) is 56.5 Å². The summed E-state index contributed by atoms with van der Waals surface area (Å²) < 4.78 is 44.6. The van der Waals surface area contributed by atoms with Crippen LogP contribution in [0.2, 0.25) is 10.0 Å². The minimum atomic E-state index is -4.71. The van der Waals surface area contributed by atoms with Gasteiger partial charge in [0.1, 0.15) is 0 Å². The Morgan fingerprint density at radius 3 is 2.38 bits per heavy atom. The van der Waals surface area contributed by atoms with E-state index in [9.17, 15) is 13.2 Å². The number of nitrogens with zero attached hydrogens (tertiary/aromatic N) is 1. The molecule has 1 fully saturated rings. The molecule has 3 nitrogen and oxygen atoms in total. The lowest BCUT2D eigenvalue weighted by Gasteiger charge is -2.32. The molecule has 2 aromatic carbocycles. The maximum Gasteiger partial charge on any atom is 0.424 e. The van der Waals surface area contributed by atoms with Gasteiger partial charge in [-0.05, 0) is 83.6 Å². The molecule has 2 unspecified atom stereocenters. The summed E-state index contributed by atoms with van der Waals surface area (Å²) >= 11 is 13.8. The highest BCUT2D eigenvalue weighted by atomic mass is 35.5. The van der Waals surface area contributed by atoms with Crippen LogP contribution in [0.1, 0.15) is 52.4 Å². The Bertz CT molecular complexity index is 1180. The van der Waals surface area contributed by atoms with Gasteiger partial charge in [-0.1, -0.05) is 35.3 Å². The predicted molar refractivity (Wildman–Crippen MR) is 130 cm³/mol. The standard InChI is InChI=1S/C25H23Cl2F3N2OS/c26-18-9-17(10-19(27)11-18)24(25(28,29)30)12-22(23-21-4-2-1-3-16(21)14-34-23)32(33-24)20-7-5-15(13-31)6-8-20/h5-11,14,22H,1-4,12-13,31H2. The van der Waals surface area contributed by atoms with Crippen LogP contribution in [0.25, 0.3) is 0 Å². The number of anilines is 1. The second kappa shape index (κ2) is 9.03. The summed E-state index contributed by atoms with van der Waals surface area (Å²) in [5, 5.41) is 3.77. The lowest BCUT2D eigenvalue weighted by atomic mass is 9.85. The fraction of sp³-hybridized carbons (Fsp3) is 0.360. The molecule has 180 valence electrons. The minimum Gasteiger partial charge on any atom is -0.326 e. The van der Waals surface area contributed by atoms with Crippen molar-refractivity contribution in [1.29, 1.82) is 0 Å². The van der Waals surface area contributed by atoms with E-state index in [0.717, 1.165) is 41.7 Å². The molecule has 34 heavy (non-hydrogen) atoms. The summed E-state index contributed by atoms with van der Waals surface area (Å²) in [5.74, 6) is 0. The highest BCUT2D eigenvalue weighted by Crippen LogP contribution is 2.57. The van der Waals surface area contributed by atoms with Gasteiger partial charge in [0, 0.05) is 27.9 Å². The third kappa shape index (κ3) is 4.11. The zero-order valence-corrected chi connectivity index (χ0v) is 20.5. The zero-order chi connectivity index (χ0) is 24.1. The van der Waals surface area contributed by atoms with Crippen LogP contribution in [0.5, 0.6) is 0 Å². The number of alkyl halides is 3. The summed E-state index contributed by atoms with van der Waals surface area (Å²) in [6.07, 6.45) is -1.06. The van der Waals surface area contributed by atoms with Crippen LogP contribution in [0.3, 0.4) is 0 Å². The van der Waals surface area contributed by atoms with E-state index in [4.69, 9.17) is 33.8 Å². The van der Waals surface area contributed by atoms with Crippen LogP contribution in [0, 0.1) is 0 Å². The summed E-state index contributed by atoms with van der Waals surface area (Å²) in [4.78, 5) is 6.89. The number of aryl methyl sites for hydroxylation is 1. The highest BCUT2D eigenvalue weighted by molar-refractivity contribution is 7.10. The minimum absolute atomic E-state index is 0.103. The molecule has 2 N–H and O–H groups in total. The van der Waals surface area contributed by atoms with E-state index in [-0.39, 0.29) is 22.0 Å². The Balaban J connectivity index is 1.67. The molecule has 0 radical (unpaired) electrons. The van der Waals surface area contributed by atoms with Crippen molar-refractivity contribution in [3.8, 4) is 0 Å². The Labute approximate surface area is 210 Å². The van der Waals surface area contributed by atoms with Crippen molar-refractivity contribution in [3.63, 3.8) is 0 Å². The third-order valence-corrected chi connectivity index (χ3v) is 8.28. The van der Waals surface area contributed by atoms with Crippen LogP contribution >= 0.6 is 34.5 Å². The number of fused-ring (bicyclic) bond motifs is 1. The van der Waals surface area contributed by atoms with Crippen LogP contribution in [-0.4, -0.2) is 6.18 Å². The smallest absolute Gasteiger partial charge is 0.326 e. The van der Waals surface area contributed by atoms with Crippen molar-refractivity contribution in [2.75, 3.05) is 5.06 Å². The van der Waals surface area contributed by atoms with E-state index >= 15 is 0 Å². The number of hydrogen-bond acceptors (Lipinski definition) is 4. The molecule has 0 amide bonds. The number of benzene rings is 2. The average molecular weight is 527 g/mol. The molecule has 0 bridgehead atoms. The number of nitrogens with two attached hydrogens (primary N) is 1. The number of halogens is 5. The van der Waals surface area contributed by atoms with Crippen LogP contribution in [0.4, 0.5) is 18.9 Å². The molecule has 1 saturated heterocycles. The van der Waals surface area contributed by atoms with E-state index < -0.39 is 17.8 Å². The Kier molecular flexibility index (Phi) is 6.36. The van der Waals surface area contributed by atoms with Gasteiger partial charge in [0.05, 0.1) is 11.7 Å². The quantitative estimate of drug-likeness (QED) is 0.377. The Morgan fingerprint density at radius 2 is 1.74 bits per heavy atom. The monoisotopic (exact) mass is 526 g/mol. The summed E-state index contributed by atoms with van der Waals surface area (Å²) in [7, 11) is 0. The average Bonchev–Trinajstić information content (AvgIpc) is 3.41. The molecule has 1 aliphatic heterocycles. The molecule has 9 heteroatoms. The molecule has 0 spiro atoms. The normalized spacial score (nSPS) is 22.8. The van der Waals surface area contributed by atoms with Crippen molar-refractivity contribution in [2.24, 2.45) is 5.73 Å². The van der Waals surface area contributed by atoms with Crippen molar-refractivity contribution in [3.05, 3.63) is 85.0 Å². The van der Waals surface area contributed by atoms with Gasteiger partial charge >= 0.3 is 6.18 Å². The first-order valence-electron chi connectivity index (χ1n) is 11.1. The molecule has 3 aromatic rings. The molecule has 2 aliphatic rings. The number of hydrogen-bond donors (Lipinski definition) is 1. The van der Waals surface area contributed by atoms with Gasteiger partial charge in [-0.2, -0.15) is 13.2 Å². The molecule has 1 aromatic heterocycles. The summed E-state index contributed by atoms with van der Waals surface area (Å²) in [6, 6.07) is 10.5. The first kappa shape index (κ1) is 23.9. The maximum absolute atomic E-state index is 14.9. The topological polar surface area (TPSA) is 38.5 Å². The molecule has 0 saturated carbocycles.